The van der Waals surface area contributed by atoms with Crippen LogP contribution in [0, 0.1) is 0 Å². The van der Waals surface area contributed by atoms with Crippen molar-refractivity contribution < 1.29 is 19.1 Å². The first-order chi connectivity index (χ1) is 13.6. The van der Waals surface area contributed by atoms with E-state index in [-0.39, 0.29) is 11.3 Å². The van der Waals surface area contributed by atoms with E-state index in [0.29, 0.717) is 35.6 Å². The first-order valence-corrected chi connectivity index (χ1v) is 10.1. The Hall–Kier alpha value is -2.87. The van der Waals surface area contributed by atoms with Gasteiger partial charge in [-0.25, -0.2) is 4.79 Å². The second-order valence-electron chi connectivity index (χ2n) is 8.00. The monoisotopic (exact) mass is 415 g/mol. The molecule has 3 amide bonds. The topological polar surface area (TPSA) is 102 Å². The molecule has 154 valence electrons. The molecule has 7 nitrogen and oxygen atoms in total. The van der Waals surface area contributed by atoms with Crippen LogP contribution >= 0.6 is 11.3 Å². The third-order valence-electron chi connectivity index (χ3n) is 4.98. The first-order valence-electron chi connectivity index (χ1n) is 9.31. The number of anilines is 1. The van der Waals surface area contributed by atoms with Gasteiger partial charge in [0.15, 0.2) is 0 Å². The van der Waals surface area contributed by atoms with Crippen molar-refractivity contribution in [1.29, 1.82) is 0 Å². The van der Waals surface area contributed by atoms with Gasteiger partial charge in [-0.15, -0.1) is 11.3 Å². The predicted molar refractivity (Wildman–Crippen MR) is 112 cm³/mol. The maximum absolute atomic E-state index is 12.7. The Bertz CT molecular complexity index is 958. The fourth-order valence-electron chi connectivity index (χ4n) is 3.33. The highest BCUT2D eigenvalue weighted by molar-refractivity contribution is 7.17. The molecule has 1 aromatic heterocycles. The van der Waals surface area contributed by atoms with E-state index >= 15 is 0 Å². The number of fused-ring (bicyclic) bond motifs is 1. The molecule has 2 aromatic rings. The molecule has 0 saturated carbocycles. The van der Waals surface area contributed by atoms with E-state index < -0.39 is 12.0 Å². The van der Waals surface area contributed by atoms with Crippen LogP contribution < -0.4 is 11.1 Å². The van der Waals surface area contributed by atoms with Crippen molar-refractivity contribution in [2.75, 3.05) is 19.0 Å². The summed E-state index contributed by atoms with van der Waals surface area (Å²) in [6.45, 7) is 7.07. The molecule has 0 aliphatic carbocycles. The lowest BCUT2D eigenvalue weighted by Crippen LogP contribution is -2.35. The Morgan fingerprint density at radius 2 is 1.83 bits per heavy atom. The standard InChI is InChI=1S/C21H25N3O4S/c1-21(2,3)13-7-5-12(6-8-13)18(26)23-19-16(17(22)25)14-9-10-24(20(27)28-4)11-15(14)29-19/h5-8H,9-11H2,1-4H3,(H2,22,25)(H,23,26). The van der Waals surface area contributed by atoms with Crippen LogP contribution in [-0.2, 0) is 23.1 Å². The fourth-order valence-corrected chi connectivity index (χ4v) is 4.60. The summed E-state index contributed by atoms with van der Waals surface area (Å²) in [7, 11) is 1.33. The summed E-state index contributed by atoms with van der Waals surface area (Å²) >= 11 is 1.27. The minimum Gasteiger partial charge on any atom is -0.453 e. The molecule has 0 fully saturated rings. The molecule has 0 saturated heterocycles. The highest BCUT2D eigenvalue weighted by Crippen LogP contribution is 2.37. The van der Waals surface area contributed by atoms with Gasteiger partial charge in [0.1, 0.15) is 5.00 Å². The number of hydrogen-bond donors (Lipinski definition) is 2. The summed E-state index contributed by atoms with van der Waals surface area (Å²) in [5, 5.41) is 3.24. The SMILES string of the molecule is COC(=O)N1CCc2c(sc(NC(=O)c3ccc(C(C)(C)C)cc3)c2C(N)=O)C1. The number of hydrogen-bond acceptors (Lipinski definition) is 5. The molecule has 3 N–H and O–H groups in total. The molecule has 0 unspecified atom stereocenters. The van der Waals surface area contributed by atoms with Crippen molar-refractivity contribution >= 4 is 34.2 Å². The Morgan fingerprint density at radius 3 is 2.38 bits per heavy atom. The second kappa shape index (κ2) is 7.87. The molecule has 1 aliphatic rings. The van der Waals surface area contributed by atoms with E-state index in [0.717, 1.165) is 16.0 Å². The van der Waals surface area contributed by atoms with Gasteiger partial charge >= 0.3 is 6.09 Å². The third-order valence-corrected chi connectivity index (χ3v) is 6.11. The molecule has 3 rings (SSSR count). The number of nitrogens with zero attached hydrogens (tertiary/aromatic N) is 1. The summed E-state index contributed by atoms with van der Waals surface area (Å²) in [5.41, 5.74) is 8.33. The average Bonchev–Trinajstić information content (AvgIpc) is 3.03. The maximum Gasteiger partial charge on any atom is 0.409 e. The van der Waals surface area contributed by atoms with Gasteiger partial charge in [0.25, 0.3) is 11.8 Å². The molecule has 2 heterocycles. The molecule has 1 aliphatic heterocycles. The summed E-state index contributed by atoms with van der Waals surface area (Å²) in [6.07, 6.45) is 0.0595. The molecular formula is C21H25N3O4S. The van der Waals surface area contributed by atoms with E-state index in [1.54, 1.807) is 17.0 Å². The van der Waals surface area contributed by atoms with Crippen molar-refractivity contribution in [2.24, 2.45) is 5.73 Å². The van der Waals surface area contributed by atoms with Gasteiger partial charge in [0.2, 0.25) is 0 Å². The Balaban J connectivity index is 1.86. The van der Waals surface area contributed by atoms with Crippen LogP contribution in [0.25, 0.3) is 0 Å². The number of carbonyl (C=O) groups excluding carboxylic acids is 3. The number of rotatable bonds is 3. The summed E-state index contributed by atoms with van der Waals surface area (Å²) in [5.74, 6) is -0.899. The van der Waals surface area contributed by atoms with Gasteiger partial charge < -0.3 is 20.7 Å². The molecule has 1 aromatic carbocycles. The largest absolute Gasteiger partial charge is 0.453 e. The lowest BCUT2D eigenvalue weighted by atomic mass is 9.87. The van der Waals surface area contributed by atoms with Crippen LogP contribution in [0.1, 0.15) is 57.5 Å². The van der Waals surface area contributed by atoms with E-state index in [2.05, 4.69) is 26.1 Å². The predicted octanol–water partition coefficient (Wildman–Crippen LogP) is 3.52. The quantitative estimate of drug-likeness (QED) is 0.801. The molecule has 0 spiro atoms. The van der Waals surface area contributed by atoms with Crippen molar-refractivity contribution in [3.63, 3.8) is 0 Å². The van der Waals surface area contributed by atoms with Crippen molar-refractivity contribution in [2.45, 2.75) is 39.2 Å². The molecular weight excluding hydrogens is 390 g/mol. The van der Waals surface area contributed by atoms with Crippen LogP contribution in [0.5, 0.6) is 0 Å². The van der Waals surface area contributed by atoms with Gasteiger partial charge in [-0.05, 0) is 35.1 Å². The van der Waals surface area contributed by atoms with Gasteiger partial charge in [0.05, 0.1) is 19.2 Å². The Labute approximate surface area is 173 Å². The van der Waals surface area contributed by atoms with Gasteiger partial charge in [-0.2, -0.15) is 0 Å². The van der Waals surface area contributed by atoms with Crippen molar-refractivity contribution in [3.05, 3.63) is 51.4 Å². The maximum atomic E-state index is 12.7. The third kappa shape index (κ3) is 4.27. The molecule has 8 heteroatoms. The van der Waals surface area contributed by atoms with Crippen molar-refractivity contribution in [3.8, 4) is 0 Å². The molecule has 0 bridgehead atoms. The van der Waals surface area contributed by atoms with Crippen LogP contribution in [0.2, 0.25) is 0 Å². The summed E-state index contributed by atoms with van der Waals surface area (Å²) in [4.78, 5) is 39.0. The van der Waals surface area contributed by atoms with Gasteiger partial charge in [-0.3, -0.25) is 9.59 Å². The minimum absolute atomic E-state index is 0.00748. The average molecular weight is 416 g/mol. The summed E-state index contributed by atoms with van der Waals surface area (Å²) < 4.78 is 4.78. The van der Waals surface area contributed by atoms with Crippen LogP contribution in [0.4, 0.5) is 9.80 Å². The first kappa shape index (κ1) is 20.9. The number of amides is 3. The smallest absolute Gasteiger partial charge is 0.409 e. The van der Waals surface area contributed by atoms with Crippen molar-refractivity contribution in [1.82, 2.24) is 4.90 Å². The van der Waals surface area contributed by atoms with E-state index in [1.165, 1.54) is 18.4 Å². The number of nitrogens with one attached hydrogen (secondary N) is 1. The zero-order valence-electron chi connectivity index (χ0n) is 17.0. The minimum atomic E-state index is -0.590. The number of methoxy groups -OCH3 is 1. The van der Waals surface area contributed by atoms with Crippen LogP contribution in [0.15, 0.2) is 24.3 Å². The fraction of sp³-hybridized carbons (Fsp3) is 0.381. The zero-order chi connectivity index (χ0) is 21.3. The van der Waals surface area contributed by atoms with Gasteiger partial charge in [0, 0.05) is 17.0 Å². The molecule has 0 radical (unpaired) electrons. The summed E-state index contributed by atoms with van der Waals surface area (Å²) in [6, 6.07) is 7.40. The van der Waals surface area contributed by atoms with Crippen LogP contribution in [0.3, 0.4) is 0 Å². The Kier molecular flexibility index (Phi) is 5.66. The molecule has 29 heavy (non-hydrogen) atoms. The van der Waals surface area contributed by atoms with E-state index in [9.17, 15) is 14.4 Å². The lowest BCUT2D eigenvalue weighted by molar-refractivity contribution is 0.0999. The number of ether oxygens (including phenoxy) is 1. The van der Waals surface area contributed by atoms with E-state index in [1.807, 2.05) is 12.1 Å². The number of nitrogens with two attached hydrogens (primary N) is 1. The van der Waals surface area contributed by atoms with Crippen LogP contribution in [-0.4, -0.2) is 36.5 Å². The number of thiophene rings is 1. The highest BCUT2D eigenvalue weighted by Gasteiger charge is 2.30. The van der Waals surface area contributed by atoms with E-state index in [4.69, 9.17) is 10.5 Å². The highest BCUT2D eigenvalue weighted by atomic mass is 32.1. The normalized spacial score (nSPS) is 13.6. The van der Waals surface area contributed by atoms with Gasteiger partial charge in [-0.1, -0.05) is 32.9 Å². The number of carbonyl (C=O) groups is 3. The lowest BCUT2D eigenvalue weighted by Gasteiger charge is -2.25. The molecule has 0 atom stereocenters. The Morgan fingerprint density at radius 1 is 1.17 bits per heavy atom. The second-order valence-corrected chi connectivity index (χ2v) is 9.10. The number of benzene rings is 1. The zero-order valence-corrected chi connectivity index (χ0v) is 17.8. The number of primary amides is 1.